The van der Waals surface area contributed by atoms with Crippen molar-refractivity contribution in [3.05, 3.63) is 200 Å². The molecule has 0 aliphatic carbocycles. The molecule has 0 N–H and O–H groups in total. The Morgan fingerprint density at radius 1 is 0.345 bits per heavy atom. The number of furan rings is 1. The van der Waals surface area contributed by atoms with Gasteiger partial charge in [-0.3, -0.25) is 0 Å². The molecule has 10 aromatic rings. The maximum atomic E-state index is 8.34. The Labute approximate surface area is 326 Å². The smallest absolute Gasteiger partial charge is 0.164 e. The van der Waals surface area contributed by atoms with Crippen LogP contribution in [-0.4, -0.2) is 15.0 Å². The Morgan fingerprint density at radius 2 is 0.836 bits per heavy atom. The molecule has 55 heavy (non-hydrogen) atoms. The Morgan fingerprint density at radius 3 is 1.53 bits per heavy atom. The van der Waals surface area contributed by atoms with E-state index >= 15 is 0 Å². The fourth-order valence-corrected chi connectivity index (χ4v) is 7.08. The summed E-state index contributed by atoms with van der Waals surface area (Å²) in [6.45, 7) is 0. The Kier molecular flexibility index (Phi) is 6.85. The molecule has 10 rings (SSSR count). The lowest BCUT2D eigenvalue weighted by Gasteiger charge is -2.10. The molecule has 0 fully saturated rings. The summed E-state index contributed by atoms with van der Waals surface area (Å²) in [5.41, 5.74) is 11.0. The van der Waals surface area contributed by atoms with Crippen molar-refractivity contribution in [1.82, 2.24) is 15.0 Å². The molecule has 0 radical (unpaired) electrons. The van der Waals surface area contributed by atoms with Gasteiger partial charge in [-0.1, -0.05) is 176 Å². The van der Waals surface area contributed by atoms with E-state index in [2.05, 4.69) is 54.6 Å². The van der Waals surface area contributed by atoms with Gasteiger partial charge < -0.3 is 4.42 Å². The number of nitrogens with zero attached hydrogens (tertiary/aromatic N) is 3. The van der Waals surface area contributed by atoms with E-state index in [9.17, 15) is 0 Å². The lowest BCUT2D eigenvalue weighted by molar-refractivity contribution is 0.669. The lowest BCUT2D eigenvalue weighted by atomic mass is 9.97. The number of fused-ring (bicyclic) bond motifs is 3. The minimum atomic E-state index is -0.400. The van der Waals surface area contributed by atoms with E-state index in [0.29, 0.717) is 23.0 Å². The highest BCUT2D eigenvalue weighted by Gasteiger charge is 2.18. The highest BCUT2D eigenvalue weighted by Crippen LogP contribution is 2.39. The average molecular weight is 709 g/mol. The highest BCUT2D eigenvalue weighted by atomic mass is 16.3. The molecule has 0 aliphatic heterocycles. The molecule has 0 unspecified atom stereocenters. The van der Waals surface area contributed by atoms with E-state index in [1.54, 1.807) is 12.1 Å². The van der Waals surface area contributed by atoms with Crippen molar-refractivity contribution in [2.75, 3.05) is 0 Å². The predicted molar refractivity (Wildman–Crippen MR) is 225 cm³/mol. The van der Waals surface area contributed by atoms with Crippen LogP contribution in [0.25, 0.3) is 101 Å². The van der Waals surface area contributed by atoms with Gasteiger partial charge in [0.1, 0.15) is 11.2 Å². The van der Waals surface area contributed by atoms with Gasteiger partial charge in [0.05, 0.1) is 6.85 Å². The van der Waals surface area contributed by atoms with E-state index < -0.39 is 6.04 Å². The number of hydrogen-bond donors (Lipinski definition) is 0. The monoisotopic (exact) mass is 708 g/mol. The number of hydrogen-bond acceptors (Lipinski definition) is 4. The van der Waals surface area contributed by atoms with E-state index in [1.165, 1.54) is 0 Å². The van der Waals surface area contributed by atoms with Crippen molar-refractivity contribution in [2.24, 2.45) is 0 Å². The summed E-state index contributed by atoms with van der Waals surface area (Å²) >= 11 is 0. The van der Waals surface area contributed by atoms with E-state index in [-0.39, 0.29) is 29.7 Å². The minimum Gasteiger partial charge on any atom is -0.456 e. The van der Waals surface area contributed by atoms with Crippen LogP contribution in [-0.2, 0) is 0 Å². The molecular formula is C51H33N3O. The molecule has 8 aromatic carbocycles. The van der Waals surface area contributed by atoms with Crippen LogP contribution in [0.15, 0.2) is 204 Å². The fraction of sp³-hybridized carbons (Fsp3) is 0. The van der Waals surface area contributed by atoms with Gasteiger partial charge in [-0.2, -0.15) is 0 Å². The standard InChI is InChI=1S/C51H33N3O/c1-4-12-34(13-5-1)36-22-24-37(25-23-36)38-26-28-39(29-27-38)42-30-31-44-47(33-42)55-46-21-11-20-45(48(44)46)51-53-49(40-16-8-3-9-17-40)52-50(54-51)43-19-10-18-41(32-43)35-14-6-2-7-15-35/h1-33H/i1D,4D,5D,12D,13D. The zero-order valence-electron chi connectivity index (χ0n) is 34.4. The summed E-state index contributed by atoms with van der Waals surface area (Å²) in [7, 11) is 0. The third kappa shape index (κ3) is 6.26. The normalized spacial score (nSPS) is 12.5. The molecular weight excluding hydrogens is 671 g/mol. The molecule has 4 heteroatoms. The number of benzene rings is 8. The maximum Gasteiger partial charge on any atom is 0.164 e. The van der Waals surface area contributed by atoms with Gasteiger partial charge in [0.25, 0.3) is 0 Å². The fourth-order valence-electron chi connectivity index (χ4n) is 7.08. The average Bonchev–Trinajstić information content (AvgIpc) is 3.69. The first-order valence-corrected chi connectivity index (χ1v) is 18.0. The van der Waals surface area contributed by atoms with Gasteiger partial charge in [0.15, 0.2) is 17.5 Å². The summed E-state index contributed by atoms with van der Waals surface area (Å²) in [5.74, 6) is 1.72. The van der Waals surface area contributed by atoms with Gasteiger partial charge in [-0.05, 0) is 68.8 Å². The van der Waals surface area contributed by atoms with Gasteiger partial charge in [-0.25, -0.2) is 15.0 Å². The molecule has 0 bridgehead atoms. The van der Waals surface area contributed by atoms with Gasteiger partial charge in [0.2, 0.25) is 0 Å². The van der Waals surface area contributed by atoms with Crippen molar-refractivity contribution in [1.29, 1.82) is 0 Å². The molecule has 2 aromatic heterocycles. The van der Waals surface area contributed by atoms with Gasteiger partial charge in [-0.15, -0.1) is 0 Å². The lowest BCUT2D eigenvalue weighted by Crippen LogP contribution is -2.00. The largest absolute Gasteiger partial charge is 0.456 e. The van der Waals surface area contributed by atoms with Crippen LogP contribution in [0.1, 0.15) is 6.85 Å². The van der Waals surface area contributed by atoms with Crippen LogP contribution < -0.4 is 0 Å². The van der Waals surface area contributed by atoms with Crippen molar-refractivity contribution < 1.29 is 11.3 Å². The van der Waals surface area contributed by atoms with Crippen LogP contribution in [0.2, 0.25) is 0 Å². The quantitative estimate of drug-likeness (QED) is 0.165. The highest BCUT2D eigenvalue weighted by molar-refractivity contribution is 6.12. The number of rotatable bonds is 7. The number of aromatic nitrogens is 3. The van der Waals surface area contributed by atoms with Crippen molar-refractivity contribution in [2.45, 2.75) is 0 Å². The first kappa shape index (κ1) is 27.2. The molecule has 0 saturated carbocycles. The molecule has 2 heterocycles. The first-order valence-electron chi connectivity index (χ1n) is 20.5. The summed E-state index contributed by atoms with van der Waals surface area (Å²) < 4.78 is 47.2. The Balaban J connectivity index is 0.995. The third-order valence-electron chi connectivity index (χ3n) is 9.86. The zero-order chi connectivity index (χ0) is 40.9. The molecule has 0 amide bonds. The summed E-state index contributed by atoms with van der Waals surface area (Å²) in [4.78, 5) is 15.1. The summed E-state index contributed by atoms with van der Waals surface area (Å²) in [6, 6.07) is 54.9. The van der Waals surface area contributed by atoms with Crippen molar-refractivity contribution in [3.8, 4) is 78.7 Å². The summed E-state index contributed by atoms with van der Waals surface area (Å²) in [5, 5.41) is 1.88. The van der Waals surface area contributed by atoms with Crippen molar-refractivity contribution >= 4 is 21.9 Å². The van der Waals surface area contributed by atoms with Crippen LogP contribution >= 0.6 is 0 Å². The van der Waals surface area contributed by atoms with E-state index in [1.807, 2.05) is 103 Å². The Bertz CT molecular complexity index is 3210. The van der Waals surface area contributed by atoms with E-state index in [0.717, 1.165) is 72.0 Å². The van der Waals surface area contributed by atoms with Gasteiger partial charge in [0, 0.05) is 27.5 Å². The molecule has 4 nitrogen and oxygen atoms in total. The third-order valence-corrected chi connectivity index (χ3v) is 9.86. The topological polar surface area (TPSA) is 51.8 Å². The summed E-state index contributed by atoms with van der Waals surface area (Å²) in [6.07, 6.45) is 0. The predicted octanol–water partition coefficient (Wildman–Crippen LogP) is 13.4. The van der Waals surface area contributed by atoms with Crippen LogP contribution in [0.3, 0.4) is 0 Å². The molecule has 0 atom stereocenters. The molecule has 0 aliphatic rings. The molecule has 0 saturated heterocycles. The molecule has 0 spiro atoms. The van der Waals surface area contributed by atoms with Crippen LogP contribution in [0.5, 0.6) is 0 Å². The van der Waals surface area contributed by atoms with E-state index in [4.69, 9.17) is 26.2 Å². The first-order chi connectivity index (χ1) is 29.3. The van der Waals surface area contributed by atoms with Gasteiger partial charge >= 0.3 is 0 Å². The van der Waals surface area contributed by atoms with Crippen LogP contribution in [0, 0.1) is 0 Å². The maximum absolute atomic E-state index is 8.34. The Hall–Kier alpha value is -7.43. The minimum absolute atomic E-state index is 0.191. The SMILES string of the molecule is [2H]c1c([2H])c([2H])c(-c2ccc(-c3ccc(-c4ccc5c(c4)oc4cccc(-c6nc(-c7ccccc7)nc(-c7cccc(-c8ccccc8)c7)n6)c45)cc3)cc2)c([2H])c1[2H]. The van der Waals surface area contributed by atoms with Crippen LogP contribution in [0.4, 0.5) is 0 Å². The second-order valence-electron chi connectivity index (χ2n) is 13.3. The molecule has 258 valence electrons. The second-order valence-corrected chi connectivity index (χ2v) is 13.3. The zero-order valence-corrected chi connectivity index (χ0v) is 29.4. The van der Waals surface area contributed by atoms with Crippen molar-refractivity contribution in [3.63, 3.8) is 0 Å². The second kappa shape index (κ2) is 13.8.